The molecule has 0 amide bonds. The molecule has 0 radical (unpaired) electrons. The zero-order chi connectivity index (χ0) is 10.6. The molecule has 3 heteroatoms. The minimum atomic E-state index is 0.497. The van der Waals surface area contributed by atoms with E-state index in [-0.39, 0.29) is 0 Å². The first-order valence-electron chi connectivity index (χ1n) is 5.07. The largest absolute Gasteiger partial charge is 0.315 e. The highest BCUT2D eigenvalue weighted by molar-refractivity contribution is 6.35. The van der Waals surface area contributed by atoms with Gasteiger partial charge in [0.05, 0.1) is 0 Å². The van der Waals surface area contributed by atoms with E-state index in [1.165, 1.54) is 16.7 Å². The lowest BCUT2D eigenvalue weighted by Gasteiger charge is -2.09. The van der Waals surface area contributed by atoms with E-state index in [1.807, 2.05) is 12.1 Å². The summed E-state index contributed by atoms with van der Waals surface area (Å²) in [5.74, 6) is 1.01. The first-order chi connectivity index (χ1) is 7.18. The highest BCUT2D eigenvalue weighted by atomic mass is 35.5. The van der Waals surface area contributed by atoms with Crippen molar-refractivity contribution < 1.29 is 0 Å². The average Bonchev–Trinajstić information content (AvgIpc) is 2.71. The van der Waals surface area contributed by atoms with Gasteiger partial charge in [0.1, 0.15) is 0 Å². The van der Waals surface area contributed by atoms with Gasteiger partial charge in [0.15, 0.2) is 0 Å². The van der Waals surface area contributed by atoms with Crippen molar-refractivity contribution in [2.45, 2.75) is 5.92 Å². The van der Waals surface area contributed by atoms with Crippen molar-refractivity contribution >= 4 is 28.8 Å². The number of nitrogens with one attached hydrogen (secondary N) is 1. The summed E-state index contributed by atoms with van der Waals surface area (Å²) in [6, 6.07) is 3.82. The maximum atomic E-state index is 6.25. The molecule has 2 unspecified atom stereocenters. The van der Waals surface area contributed by atoms with Crippen LogP contribution < -0.4 is 5.32 Å². The quantitative estimate of drug-likeness (QED) is 0.733. The summed E-state index contributed by atoms with van der Waals surface area (Å²) in [7, 11) is 0. The fourth-order valence-electron chi connectivity index (χ4n) is 2.78. The minimum Gasteiger partial charge on any atom is -0.315 e. The van der Waals surface area contributed by atoms with Gasteiger partial charge >= 0.3 is 0 Å². The number of fused-ring (bicyclic) bond motifs is 3. The second kappa shape index (κ2) is 3.24. The van der Waals surface area contributed by atoms with E-state index in [0.29, 0.717) is 16.9 Å². The van der Waals surface area contributed by atoms with Gasteiger partial charge < -0.3 is 5.32 Å². The molecule has 1 aliphatic carbocycles. The molecule has 15 heavy (non-hydrogen) atoms. The fourth-order valence-corrected chi connectivity index (χ4v) is 3.41. The van der Waals surface area contributed by atoms with Crippen LogP contribution in [0.25, 0.3) is 5.57 Å². The summed E-state index contributed by atoms with van der Waals surface area (Å²) < 4.78 is 0. The number of rotatable bonds is 0. The zero-order valence-electron chi connectivity index (χ0n) is 8.19. The van der Waals surface area contributed by atoms with Gasteiger partial charge in [0, 0.05) is 35.0 Å². The van der Waals surface area contributed by atoms with E-state index in [2.05, 4.69) is 11.9 Å². The normalized spacial score (nSPS) is 28.0. The van der Waals surface area contributed by atoms with Gasteiger partial charge in [0.2, 0.25) is 0 Å². The highest BCUT2D eigenvalue weighted by Gasteiger charge is 2.40. The lowest BCUT2D eigenvalue weighted by Crippen LogP contribution is -2.10. The third kappa shape index (κ3) is 1.27. The molecule has 0 aromatic heterocycles. The molecule has 0 saturated carbocycles. The Labute approximate surface area is 99.1 Å². The summed E-state index contributed by atoms with van der Waals surface area (Å²) >= 11 is 12.3. The molecule has 0 spiro atoms. The van der Waals surface area contributed by atoms with E-state index in [9.17, 15) is 0 Å². The molecule has 1 fully saturated rings. The van der Waals surface area contributed by atoms with Gasteiger partial charge in [-0.1, -0.05) is 29.8 Å². The van der Waals surface area contributed by atoms with Crippen molar-refractivity contribution in [2.75, 3.05) is 13.1 Å². The third-order valence-corrected chi connectivity index (χ3v) is 4.00. The standard InChI is InChI=1S/C12H11Cl2N/c1-6-8-2-7(13)3-11(14)12(8)10-5-15-4-9(6)10/h2-3,9-10,15H,1,4-5H2. The van der Waals surface area contributed by atoms with Gasteiger partial charge in [-0.3, -0.25) is 0 Å². The molecule has 2 atom stereocenters. The molecular formula is C12H11Cl2N. The summed E-state index contributed by atoms with van der Waals surface area (Å²) in [5.41, 5.74) is 3.59. The number of halogens is 2. The molecular weight excluding hydrogens is 229 g/mol. The molecule has 1 nitrogen and oxygen atoms in total. The van der Waals surface area contributed by atoms with Gasteiger partial charge in [-0.05, 0) is 28.8 Å². The predicted octanol–water partition coefficient (Wildman–Crippen LogP) is 3.32. The Morgan fingerprint density at radius 3 is 2.73 bits per heavy atom. The Bertz CT molecular complexity index is 453. The van der Waals surface area contributed by atoms with E-state index in [1.54, 1.807) is 0 Å². The first kappa shape index (κ1) is 9.71. The highest BCUT2D eigenvalue weighted by Crippen LogP contribution is 2.50. The lowest BCUT2D eigenvalue weighted by atomic mass is 9.95. The van der Waals surface area contributed by atoms with Crippen molar-refractivity contribution in [1.29, 1.82) is 0 Å². The van der Waals surface area contributed by atoms with Gasteiger partial charge in [0.25, 0.3) is 0 Å². The van der Waals surface area contributed by atoms with Crippen molar-refractivity contribution in [3.05, 3.63) is 39.9 Å². The van der Waals surface area contributed by atoms with Crippen LogP contribution in [0.2, 0.25) is 10.0 Å². The van der Waals surface area contributed by atoms with Crippen molar-refractivity contribution in [2.24, 2.45) is 5.92 Å². The molecule has 1 heterocycles. The lowest BCUT2D eigenvalue weighted by molar-refractivity contribution is 0.684. The smallest absolute Gasteiger partial charge is 0.0462 e. The first-order valence-corrected chi connectivity index (χ1v) is 5.83. The summed E-state index contributed by atoms with van der Waals surface area (Å²) in [6.45, 7) is 6.17. The molecule has 1 aliphatic heterocycles. The average molecular weight is 240 g/mol. The van der Waals surface area contributed by atoms with Crippen LogP contribution in [0, 0.1) is 5.92 Å². The SMILES string of the molecule is C=C1c2cc(Cl)cc(Cl)c2C2CNCC12. The molecule has 78 valence electrons. The maximum absolute atomic E-state index is 6.25. The van der Waals surface area contributed by atoms with E-state index < -0.39 is 0 Å². The molecule has 1 aromatic carbocycles. The zero-order valence-corrected chi connectivity index (χ0v) is 9.70. The van der Waals surface area contributed by atoms with E-state index >= 15 is 0 Å². The van der Waals surface area contributed by atoms with Crippen LogP contribution in [0.3, 0.4) is 0 Å². The van der Waals surface area contributed by atoms with Crippen molar-refractivity contribution in [1.82, 2.24) is 5.32 Å². The van der Waals surface area contributed by atoms with E-state index in [0.717, 1.165) is 18.1 Å². The molecule has 0 bridgehead atoms. The molecule has 1 saturated heterocycles. The van der Waals surface area contributed by atoms with Crippen LogP contribution in [0.4, 0.5) is 0 Å². The van der Waals surface area contributed by atoms with Crippen molar-refractivity contribution in [3.8, 4) is 0 Å². The summed E-state index contributed by atoms with van der Waals surface area (Å²) in [4.78, 5) is 0. The minimum absolute atomic E-state index is 0.497. The second-order valence-corrected chi connectivity index (χ2v) is 5.09. The monoisotopic (exact) mass is 239 g/mol. The number of benzene rings is 1. The van der Waals surface area contributed by atoms with E-state index in [4.69, 9.17) is 23.2 Å². The molecule has 3 rings (SSSR count). The van der Waals surface area contributed by atoms with Crippen LogP contribution in [0.1, 0.15) is 17.0 Å². The van der Waals surface area contributed by atoms with Gasteiger partial charge in [-0.15, -0.1) is 0 Å². The number of hydrogen-bond acceptors (Lipinski definition) is 1. The fraction of sp³-hybridized carbons (Fsp3) is 0.333. The Balaban J connectivity index is 2.24. The Morgan fingerprint density at radius 2 is 1.93 bits per heavy atom. The molecule has 1 N–H and O–H groups in total. The molecule has 1 aromatic rings. The van der Waals surface area contributed by atoms with Crippen molar-refractivity contribution in [3.63, 3.8) is 0 Å². The van der Waals surface area contributed by atoms with Crippen LogP contribution in [-0.2, 0) is 0 Å². The van der Waals surface area contributed by atoms with Crippen LogP contribution >= 0.6 is 23.2 Å². The Morgan fingerprint density at radius 1 is 1.20 bits per heavy atom. The van der Waals surface area contributed by atoms with Crippen LogP contribution in [0.5, 0.6) is 0 Å². The summed E-state index contributed by atoms with van der Waals surface area (Å²) in [6.07, 6.45) is 0. The maximum Gasteiger partial charge on any atom is 0.0462 e. The number of hydrogen-bond donors (Lipinski definition) is 1. The van der Waals surface area contributed by atoms with Crippen LogP contribution in [-0.4, -0.2) is 13.1 Å². The predicted molar refractivity (Wildman–Crippen MR) is 64.6 cm³/mol. The second-order valence-electron chi connectivity index (χ2n) is 4.25. The van der Waals surface area contributed by atoms with Gasteiger partial charge in [-0.25, -0.2) is 0 Å². The molecule has 2 aliphatic rings. The van der Waals surface area contributed by atoms with Gasteiger partial charge in [-0.2, -0.15) is 0 Å². The van der Waals surface area contributed by atoms with Crippen LogP contribution in [0.15, 0.2) is 18.7 Å². The Hall–Kier alpha value is -0.500. The third-order valence-electron chi connectivity index (χ3n) is 3.47. The Kier molecular flexibility index (Phi) is 2.10. The summed E-state index contributed by atoms with van der Waals surface area (Å²) in [5, 5.41) is 4.87. The topological polar surface area (TPSA) is 12.0 Å².